The molecule has 3 aromatic rings. The van der Waals surface area contributed by atoms with E-state index in [1.807, 2.05) is 6.07 Å². The second-order valence-corrected chi connectivity index (χ2v) is 11.4. The summed E-state index contributed by atoms with van der Waals surface area (Å²) in [6, 6.07) is 16.5. The minimum absolute atomic E-state index is 0.226. The predicted molar refractivity (Wildman–Crippen MR) is 129 cm³/mol. The van der Waals surface area contributed by atoms with Crippen molar-refractivity contribution >= 4 is 32.4 Å². The lowest BCUT2D eigenvalue weighted by Crippen LogP contribution is -2.29. The molecule has 7 nitrogen and oxygen atoms in total. The van der Waals surface area contributed by atoms with E-state index >= 15 is 0 Å². The number of anilines is 1. The summed E-state index contributed by atoms with van der Waals surface area (Å²) in [7, 11) is -3.48. The maximum Gasteiger partial charge on any atom is 0.257 e. The van der Waals surface area contributed by atoms with E-state index in [1.165, 1.54) is 38.2 Å². The van der Waals surface area contributed by atoms with Crippen LogP contribution in [-0.4, -0.2) is 48.1 Å². The first-order chi connectivity index (χ1) is 16.0. The molecule has 0 bridgehead atoms. The third-order valence-corrected chi connectivity index (χ3v) is 9.01. The zero-order chi connectivity index (χ0) is 22.8. The molecule has 5 rings (SSSR count). The summed E-state index contributed by atoms with van der Waals surface area (Å²) < 4.78 is 26.9. The summed E-state index contributed by atoms with van der Waals surface area (Å²) in [4.78, 5) is 21.2. The summed E-state index contributed by atoms with van der Waals surface area (Å²) >= 11 is 1.51. The molecule has 3 heterocycles. The van der Waals surface area contributed by atoms with E-state index in [9.17, 15) is 13.2 Å². The van der Waals surface area contributed by atoms with Crippen LogP contribution in [0.2, 0.25) is 0 Å². The zero-order valence-electron chi connectivity index (χ0n) is 18.2. The Labute approximate surface area is 198 Å². The van der Waals surface area contributed by atoms with Crippen molar-refractivity contribution in [3.05, 3.63) is 76.3 Å². The molecule has 1 saturated heterocycles. The number of sulfonamides is 1. The van der Waals surface area contributed by atoms with Gasteiger partial charge in [0.15, 0.2) is 5.13 Å². The standard InChI is InChI=1S/C24H26N4O3S2/c29-23(19-8-10-20(11-9-19)33(30,31)28-13-4-5-14-28)26-24-25-21-12-15-27(17-22(21)32-24)16-18-6-2-1-3-7-18/h1-3,6-11H,4-5,12-17H2,(H,25,26,29). The summed E-state index contributed by atoms with van der Waals surface area (Å²) in [5, 5.41) is 3.47. The van der Waals surface area contributed by atoms with Crippen molar-refractivity contribution in [1.29, 1.82) is 0 Å². The Morgan fingerprint density at radius 2 is 1.73 bits per heavy atom. The molecule has 1 amide bonds. The Morgan fingerprint density at radius 3 is 2.45 bits per heavy atom. The van der Waals surface area contributed by atoms with Crippen LogP contribution in [0.3, 0.4) is 0 Å². The highest BCUT2D eigenvalue weighted by Gasteiger charge is 2.27. The molecule has 0 unspecified atom stereocenters. The molecule has 0 saturated carbocycles. The number of fused-ring (bicyclic) bond motifs is 1. The van der Waals surface area contributed by atoms with Crippen LogP contribution in [0.4, 0.5) is 5.13 Å². The lowest BCUT2D eigenvalue weighted by Gasteiger charge is -2.25. The van der Waals surface area contributed by atoms with Crippen molar-refractivity contribution < 1.29 is 13.2 Å². The van der Waals surface area contributed by atoms with Gasteiger partial charge in [0.1, 0.15) is 0 Å². The lowest BCUT2D eigenvalue weighted by atomic mass is 10.1. The zero-order valence-corrected chi connectivity index (χ0v) is 19.9. The molecule has 1 aromatic heterocycles. The number of hydrogen-bond acceptors (Lipinski definition) is 6. The van der Waals surface area contributed by atoms with Gasteiger partial charge < -0.3 is 0 Å². The minimum atomic E-state index is -3.48. The van der Waals surface area contributed by atoms with Gasteiger partial charge in [0.25, 0.3) is 5.91 Å². The van der Waals surface area contributed by atoms with Gasteiger partial charge in [-0.15, -0.1) is 11.3 Å². The van der Waals surface area contributed by atoms with E-state index in [2.05, 4.69) is 39.5 Å². The number of aromatic nitrogens is 1. The Morgan fingerprint density at radius 1 is 1.00 bits per heavy atom. The summed E-state index contributed by atoms with van der Waals surface area (Å²) in [5.74, 6) is -0.285. The number of benzene rings is 2. The molecule has 9 heteroatoms. The number of rotatable bonds is 6. The number of thiazole rings is 1. The van der Waals surface area contributed by atoms with Crippen LogP contribution in [-0.2, 0) is 29.5 Å². The third kappa shape index (κ3) is 4.86. The van der Waals surface area contributed by atoms with Crippen LogP contribution in [0, 0.1) is 0 Å². The molecule has 1 fully saturated rings. The highest BCUT2D eigenvalue weighted by molar-refractivity contribution is 7.89. The van der Waals surface area contributed by atoms with E-state index < -0.39 is 10.0 Å². The molecule has 172 valence electrons. The highest BCUT2D eigenvalue weighted by atomic mass is 32.2. The number of hydrogen-bond donors (Lipinski definition) is 1. The molecule has 33 heavy (non-hydrogen) atoms. The molecule has 1 N–H and O–H groups in total. The van der Waals surface area contributed by atoms with Crippen molar-refractivity contribution in [3.63, 3.8) is 0 Å². The average Bonchev–Trinajstić information content (AvgIpc) is 3.50. The average molecular weight is 483 g/mol. The van der Waals surface area contributed by atoms with E-state index in [0.29, 0.717) is 23.8 Å². The summed E-state index contributed by atoms with van der Waals surface area (Å²) in [5.41, 5.74) is 2.75. The molecule has 2 aliphatic heterocycles. The van der Waals surface area contributed by atoms with Crippen LogP contribution < -0.4 is 5.32 Å². The van der Waals surface area contributed by atoms with E-state index in [-0.39, 0.29) is 10.8 Å². The first-order valence-corrected chi connectivity index (χ1v) is 13.4. The Hall–Kier alpha value is -2.59. The van der Waals surface area contributed by atoms with Gasteiger partial charge in [0.2, 0.25) is 10.0 Å². The second-order valence-electron chi connectivity index (χ2n) is 8.42. The smallest absolute Gasteiger partial charge is 0.257 e. The van der Waals surface area contributed by atoms with E-state index in [0.717, 1.165) is 44.6 Å². The van der Waals surface area contributed by atoms with Gasteiger partial charge in [-0.1, -0.05) is 30.3 Å². The molecular weight excluding hydrogens is 456 g/mol. The quantitative estimate of drug-likeness (QED) is 0.579. The predicted octanol–water partition coefficient (Wildman–Crippen LogP) is 3.74. The lowest BCUT2D eigenvalue weighted by molar-refractivity contribution is 0.102. The fraction of sp³-hybridized carbons (Fsp3) is 0.333. The van der Waals surface area contributed by atoms with Gasteiger partial charge in [-0.3, -0.25) is 15.0 Å². The SMILES string of the molecule is O=C(Nc1nc2c(s1)CN(Cc1ccccc1)CC2)c1ccc(S(=O)(=O)N2CCCC2)cc1. The van der Waals surface area contributed by atoms with Gasteiger partial charge >= 0.3 is 0 Å². The largest absolute Gasteiger partial charge is 0.298 e. The number of amides is 1. The van der Waals surface area contributed by atoms with Crippen LogP contribution in [0.25, 0.3) is 0 Å². The van der Waals surface area contributed by atoms with Gasteiger partial charge in [-0.05, 0) is 42.7 Å². The molecule has 2 aromatic carbocycles. The maximum atomic E-state index is 12.7. The molecular formula is C24H26N4O3S2. The van der Waals surface area contributed by atoms with Crippen LogP contribution >= 0.6 is 11.3 Å². The highest BCUT2D eigenvalue weighted by Crippen LogP contribution is 2.29. The molecule has 0 radical (unpaired) electrons. The van der Waals surface area contributed by atoms with Gasteiger partial charge in [-0.2, -0.15) is 4.31 Å². The van der Waals surface area contributed by atoms with Crippen molar-refractivity contribution in [2.24, 2.45) is 0 Å². The van der Waals surface area contributed by atoms with E-state index in [1.54, 1.807) is 12.1 Å². The van der Waals surface area contributed by atoms with Crippen molar-refractivity contribution in [2.45, 2.75) is 37.2 Å². The first kappa shape index (κ1) is 22.2. The number of nitrogens with zero attached hydrogens (tertiary/aromatic N) is 3. The summed E-state index contributed by atoms with van der Waals surface area (Å²) in [6.07, 6.45) is 2.64. The van der Waals surface area contributed by atoms with Crippen molar-refractivity contribution in [1.82, 2.24) is 14.2 Å². The molecule has 0 aliphatic carbocycles. The molecule has 0 spiro atoms. The van der Waals surface area contributed by atoms with Crippen molar-refractivity contribution in [2.75, 3.05) is 25.0 Å². The van der Waals surface area contributed by atoms with Gasteiger partial charge in [0, 0.05) is 49.6 Å². The monoisotopic (exact) mass is 482 g/mol. The second kappa shape index (κ2) is 9.34. The topological polar surface area (TPSA) is 82.6 Å². The number of nitrogens with one attached hydrogen (secondary N) is 1. The van der Waals surface area contributed by atoms with Crippen LogP contribution in [0.5, 0.6) is 0 Å². The maximum absolute atomic E-state index is 12.7. The van der Waals surface area contributed by atoms with Crippen molar-refractivity contribution in [3.8, 4) is 0 Å². The fourth-order valence-electron chi connectivity index (χ4n) is 4.30. The summed E-state index contributed by atoms with van der Waals surface area (Å²) in [6.45, 7) is 3.77. The minimum Gasteiger partial charge on any atom is -0.298 e. The fourth-order valence-corrected chi connectivity index (χ4v) is 6.87. The van der Waals surface area contributed by atoms with E-state index in [4.69, 9.17) is 0 Å². The van der Waals surface area contributed by atoms with Gasteiger partial charge in [0.05, 0.1) is 10.6 Å². The molecule has 0 atom stereocenters. The number of carbonyl (C=O) groups is 1. The Bertz CT molecular complexity index is 1230. The van der Waals surface area contributed by atoms with Crippen LogP contribution in [0.1, 0.15) is 39.3 Å². The van der Waals surface area contributed by atoms with Crippen LogP contribution in [0.15, 0.2) is 59.5 Å². The normalized spacial score (nSPS) is 17.1. The van der Waals surface area contributed by atoms with Gasteiger partial charge in [-0.25, -0.2) is 13.4 Å². The third-order valence-electron chi connectivity index (χ3n) is 6.10. The number of carbonyl (C=O) groups excluding carboxylic acids is 1. The Balaban J connectivity index is 1.23. The Kier molecular flexibility index (Phi) is 6.29. The molecule has 2 aliphatic rings. The first-order valence-electron chi connectivity index (χ1n) is 11.2.